The van der Waals surface area contributed by atoms with Crippen molar-refractivity contribution in [2.45, 2.75) is 62.7 Å². The molecule has 5 heteroatoms. The standard InChI is InChI=1S/C22H25.C2H7OSi.2ClH.Zr/c1-3-5-8-17-11-13-19(14-12-17)21-10-6-9-20-15-18(7-4-2)16-22(20)21;1-4(2)3;;;/h6,9-16H,3-5,7-8H2,1-2H3;4H,1-2H3;2*1H;/q;-1;;;+3/p-2. The topological polar surface area (TPSA) is 9.23 Å². The molecule has 1 atom stereocenters. The molecule has 0 radical (unpaired) electrons. The molecular formula is C24H32Cl2OSiZr. The number of halogens is 2. The van der Waals surface area contributed by atoms with Gasteiger partial charge >= 0.3 is 180 Å². The molecule has 0 spiro atoms. The molecule has 0 fully saturated rings. The maximum Gasteiger partial charge on any atom is -1.00 e. The number of hydrogen-bond donors (Lipinski definition) is 0. The fourth-order valence-corrected chi connectivity index (χ4v) is 9.08. The maximum atomic E-state index is 6.33. The predicted molar refractivity (Wildman–Crippen MR) is 116 cm³/mol. The molecule has 0 heterocycles. The second kappa shape index (κ2) is 13.3. The normalized spacial score (nSPS) is 14.5. The van der Waals surface area contributed by atoms with Crippen molar-refractivity contribution in [2.75, 3.05) is 0 Å². The zero-order valence-electron chi connectivity index (χ0n) is 18.0. The fraction of sp³-hybridized carbons (Fsp3) is 0.417. The second-order valence-electron chi connectivity index (χ2n) is 7.80. The summed E-state index contributed by atoms with van der Waals surface area (Å²) in [6, 6.07) is 16.2. The van der Waals surface area contributed by atoms with E-state index < -0.39 is 32.7 Å². The summed E-state index contributed by atoms with van der Waals surface area (Å²) in [4.78, 5) is 0. The van der Waals surface area contributed by atoms with Gasteiger partial charge in [0.1, 0.15) is 0 Å². The summed E-state index contributed by atoms with van der Waals surface area (Å²) in [5, 5.41) is 0. The zero-order valence-corrected chi connectivity index (χ0v) is 23.1. The van der Waals surface area contributed by atoms with Gasteiger partial charge in [0.15, 0.2) is 0 Å². The Morgan fingerprint density at radius 3 is 2.28 bits per heavy atom. The minimum Gasteiger partial charge on any atom is -1.00 e. The van der Waals surface area contributed by atoms with Crippen LogP contribution in [0.25, 0.3) is 17.2 Å². The summed E-state index contributed by atoms with van der Waals surface area (Å²) >= 11 is -0.869. The van der Waals surface area contributed by atoms with E-state index in [4.69, 9.17) is 2.50 Å². The van der Waals surface area contributed by atoms with Gasteiger partial charge in [-0.2, -0.15) is 0 Å². The van der Waals surface area contributed by atoms with Gasteiger partial charge < -0.3 is 24.8 Å². The van der Waals surface area contributed by atoms with Crippen molar-refractivity contribution in [3.63, 3.8) is 0 Å². The van der Waals surface area contributed by atoms with Crippen molar-refractivity contribution in [3.8, 4) is 11.1 Å². The third-order valence-electron chi connectivity index (χ3n) is 5.20. The number of rotatable bonds is 9. The van der Waals surface area contributed by atoms with E-state index in [2.05, 4.69) is 75.5 Å². The molecule has 0 aromatic heterocycles. The van der Waals surface area contributed by atoms with Crippen LogP contribution in [0.1, 0.15) is 59.8 Å². The van der Waals surface area contributed by atoms with Crippen LogP contribution >= 0.6 is 0 Å². The average Bonchev–Trinajstić information content (AvgIpc) is 3.02. The molecule has 2 aromatic carbocycles. The minimum atomic E-state index is -0.927. The Morgan fingerprint density at radius 1 is 0.931 bits per heavy atom. The van der Waals surface area contributed by atoms with Crippen LogP contribution < -0.4 is 24.8 Å². The van der Waals surface area contributed by atoms with Crippen LogP contribution in [-0.2, 0) is 32.6 Å². The van der Waals surface area contributed by atoms with Gasteiger partial charge in [0.05, 0.1) is 0 Å². The van der Waals surface area contributed by atoms with Gasteiger partial charge in [0, 0.05) is 0 Å². The van der Waals surface area contributed by atoms with Crippen molar-refractivity contribution in [1.82, 2.24) is 0 Å². The van der Waals surface area contributed by atoms with Crippen molar-refractivity contribution < 1.29 is 51.0 Å². The van der Waals surface area contributed by atoms with Crippen LogP contribution in [0.5, 0.6) is 0 Å². The summed E-state index contributed by atoms with van der Waals surface area (Å²) < 4.78 is 6.94. The first-order valence-corrected chi connectivity index (χ1v) is 15.7. The summed E-state index contributed by atoms with van der Waals surface area (Å²) in [6.07, 6.45) is 8.64. The smallest absolute Gasteiger partial charge is 1.00 e. The molecule has 0 amide bonds. The van der Waals surface area contributed by atoms with Gasteiger partial charge in [-0.1, -0.05) is 0 Å². The van der Waals surface area contributed by atoms with Crippen LogP contribution in [0, 0.1) is 0 Å². The number of allylic oxidation sites excluding steroid dienone is 1. The van der Waals surface area contributed by atoms with E-state index in [0.717, 1.165) is 0 Å². The fourth-order valence-electron chi connectivity index (χ4n) is 3.80. The Bertz CT molecular complexity index is 790. The van der Waals surface area contributed by atoms with Crippen LogP contribution in [0.15, 0.2) is 48.0 Å². The Balaban J connectivity index is 0.00000210. The predicted octanol–water partition coefficient (Wildman–Crippen LogP) is 0.940. The Kier molecular flexibility index (Phi) is 12.3. The van der Waals surface area contributed by atoms with Crippen LogP contribution in [0.3, 0.4) is 0 Å². The number of unbranched alkanes of at least 4 members (excludes halogenated alkanes) is 1. The molecule has 0 bridgehead atoms. The van der Waals surface area contributed by atoms with Crippen molar-refractivity contribution in [2.24, 2.45) is 0 Å². The van der Waals surface area contributed by atoms with E-state index in [0.29, 0.717) is 3.63 Å². The zero-order chi connectivity index (χ0) is 19.2. The Labute approximate surface area is 203 Å². The third kappa shape index (κ3) is 6.91. The minimum absolute atomic E-state index is 0. The molecule has 1 aliphatic rings. The molecule has 1 aliphatic carbocycles. The van der Waals surface area contributed by atoms with Gasteiger partial charge in [0.25, 0.3) is 0 Å². The maximum absolute atomic E-state index is 6.33. The Morgan fingerprint density at radius 2 is 1.66 bits per heavy atom. The average molecular weight is 527 g/mol. The number of hydrogen-bond acceptors (Lipinski definition) is 1. The van der Waals surface area contributed by atoms with Crippen molar-refractivity contribution in [1.29, 1.82) is 0 Å². The van der Waals surface area contributed by atoms with E-state index in [1.54, 1.807) is 5.57 Å². The van der Waals surface area contributed by atoms with Crippen LogP contribution in [-0.4, -0.2) is 9.04 Å². The van der Waals surface area contributed by atoms with Crippen molar-refractivity contribution in [3.05, 3.63) is 64.7 Å². The first-order valence-electron chi connectivity index (χ1n) is 10.5. The molecular weight excluding hydrogens is 494 g/mol. The van der Waals surface area contributed by atoms with Gasteiger partial charge in [-0.25, -0.2) is 0 Å². The van der Waals surface area contributed by atoms with Crippen LogP contribution in [0.4, 0.5) is 0 Å². The number of aryl methyl sites for hydroxylation is 1. The van der Waals surface area contributed by atoms with E-state index in [-0.39, 0.29) is 24.8 Å². The first-order chi connectivity index (χ1) is 13.1. The molecule has 3 rings (SSSR count). The number of fused-ring (bicyclic) bond motifs is 1. The van der Waals surface area contributed by atoms with Gasteiger partial charge in [0.2, 0.25) is 0 Å². The molecule has 0 aliphatic heterocycles. The molecule has 29 heavy (non-hydrogen) atoms. The summed E-state index contributed by atoms with van der Waals surface area (Å²) in [7, 11) is -0.927. The SMILES string of the molecule is CCCCc1ccc(-c2cccc3c2C=C(CCC)[CH]3[Zr+2][O][SiH](C)C)cc1.[Cl-].[Cl-]. The first kappa shape index (κ1) is 26.9. The molecule has 0 saturated heterocycles. The molecule has 1 nitrogen and oxygen atoms in total. The van der Waals surface area contributed by atoms with E-state index >= 15 is 0 Å². The molecule has 0 saturated carbocycles. The van der Waals surface area contributed by atoms with Gasteiger partial charge in [-0.3, -0.25) is 0 Å². The van der Waals surface area contributed by atoms with E-state index in [9.17, 15) is 0 Å². The van der Waals surface area contributed by atoms with Crippen molar-refractivity contribution >= 4 is 15.1 Å². The second-order valence-corrected chi connectivity index (χ2v) is 13.9. The third-order valence-corrected chi connectivity index (χ3v) is 12.5. The molecule has 0 N–H and O–H groups in total. The largest absolute Gasteiger partial charge is 1.00 e. The van der Waals surface area contributed by atoms with E-state index in [1.807, 2.05) is 0 Å². The number of benzene rings is 2. The summed E-state index contributed by atoms with van der Waals surface area (Å²) in [5.74, 6) is 0. The Hall–Kier alpha value is -0.180. The molecule has 1 unspecified atom stereocenters. The van der Waals surface area contributed by atoms with Crippen LogP contribution in [0.2, 0.25) is 13.1 Å². The van der Waals surface area contributed by atoms with E-state index in [1.165, 1.54) is 59.9 Å². The molecule has 2 aromatic rings. The summed E-state index contributed by atoms with van der Waals surface area (Å²) in [5.41, 5.74) is 8.82. The monoisotopic (exact) mass is 524 g/mol. The quantitative estimate of drug-likeness (QED) is 0.442. The van der Waals surface area contributed by atoms with Gasteiger partial charge in [-0.05, 0) is 0 Å². The summed E-state index contributed by atoms with van der Waals surface area (Å²) in [6.45, 7) is 9.15. The molecule has 156 valence electrons. The van der Waals surface area contributed by atoms with Gasteiger partial charge in [-0.15, -0.1) is 0 Å².